The van der Waals surface area contributed by atoms with E-state index in [0.717, 1.165) is 30.6 Å². The standard InChI is InChI=1S/C13H18ClNO3S/c14-11-6-8-12(9-7-11)19(18)10-4-2-1-3-5-13(16)15-17/h6-9,17H,1-5,10H2,(H,15,16). The molecule has 0 aliphatic rings. The molecule has 0 heterocycles. The normalized spacial score (nSPS) is 12.2. The van der Waals surface area contributed by atoms with Gasteiger partial charge in [-0.3, -0.25) is 10.0 Å². The third kappa shape index (κ3) is 6.82. The number of halogens is 1. The van der Waals surface area contributed by atoms with Gasteiger partial charge >= 0.3 is 0 Å². The van der Waals surface area contributed by atoms with Crippen LogP contribution in [0.5, 0.6) is 0 Å². The summed E-state index contributed by atoms with van der Waals surface area (Å²) in [5.74, 6) is 0.262. The second kappa shape index (κ2) is 9.20. The first-order valence-corrected chi connectivity index (χ1v) is 7.90. The minimum Gasteiger partial charge on any atom is -0.611 e. The predicted molar refractivity (Wildman–Crippen MR) is 75.7 cm³/mol. The Hall–Kier alpha value is -0.750. The van der Waals surface area contributed by atoms with Crippen molar-refractivity contribution in [3.63, 3.8) is 0 Å². The highest BCUT2D eigenvalue weighted by atomic mass is 35.5. The van der Waals surface area contributed by atoms with E-state index < -0.39 is 11.2 Å². The van der Waals surface area contributed by atoms with Crippen molar-refractivity contribution in [2.45, 2.75) is 37.0 Å². The maximum Gasteiger partial charge on any atom is 0.243 e. The Bertz CT molecular complexity index is 386. The van der Waals surface area contributed by atoms with Crippen LogP contribution in [0.3, 0.4) is 0 Å². The van der Waals surface area contributed by atoms with Gasteiger partial charge in [0.15, 0.2) is 4.90 Å². The van der Waals surface area contributed by atoms with Gasteiger partial charge in [-0.2, -0.15) is 0 Å². The van der Waals surface area contributed by atoms with Crippen molar-refractivity contribution in [1.29, 1.82) is 0 Å². The van der Waals surface area contributed by atoms with E-state index in [1.54, 1.807) is 29.7 Å². The minimum atomic E-state index is -0.985. The molecule has 1 atom stereocenters. The lowest BCUT2D eigenvalue weighted by Gasteiger charge is -2.10. The molecule has 19 heavy (non-hydrogen) atoms. The predicted octanol–water partition coefficient (Wildman–Crippen LogP) is 2.90. The Labute approximate surface area is 121 Å². The summed E-state index contributed by atoms with van der Waals surface area (Å²) in [6.45, 7) is 0. The van der Waals surface area contributed by atoms with Crippen molar-refractivity contribution in [2.24, 2.45) is 0 Å². The summed E-state index contributed by atoms with van der Waals surface area (Å²) >= 11 is 4.78. The van der Waals surface area contributed by atoms with Crippen LogP contribution in [0.2, 0.25) is 5.02 Å². The van der Waals surface area contributed by atoms with Crippen LogP contribution in [0.1, 0.15) is 32.1 Å². The van der Waals surface area contributed by atoms with Crippen LogP contribution in [0.4, 0.5) is 0 Å². The van der Waals surface area contributed by atoms with Crippen LogP contribution < -0.4 is 5.48 Å². The molecule has 1 amide bonds. The van der Waals surface area contributed by atoms with Crippen molar-refractivity contribution in [3.8, 4) is 0 Å². The van der Waals surface area contributed by atoms with E-state index in [0.29, 0.717) is 17.2 Å². The van der Waals surface area contributed by atoms with E-state index in [1.807, 2.05) is 0 Å². The average Bonchev–Trinajstić information content (AvgIpc) is 2.42. The molecule has 0 saturated heterocycles. The molecule has 0 aliphatic heterocycles. The molecule has 1 aromatic carbocycles. The summed E-state index contributed by atoms with van der Waals surface area (Å²) in [5, 5.41) is 8.95. The van der Waals surface area contributed by atoms with Gasteiger partial charge in [0, 0.05) is 11.4 Å². The van der Waals surface area contributed by atoms with Crippen LogP contribution >= 0.6 is 11.6 Å². The van der Waals surface area contributed by atoms with Gasteiger partial charge in [-0.25, -0.2) is 5.48 Å². The molecule has 4 nitrogen and oxygen atoms in total. The fourth-order valence-electron chi connectivity index (χ4n) is 1.63. The van der Waals surface area contributed by atoms with E-state index in [9.17, 15) is 9.35 Å². The molecule has 0 fully saturated rings. The number of unbranched alkanes of at least 4 members (excludes halogenated alkanes) is 3. The van der Waals surface area contributed by atoms with Crippen molar-refractivity contribution in [1.82, 2.24) is 5.48 Å². The van der Waals surface area contributed by atoms with E-state index in [1.165, 1.54) is 0 Å². The van der Waals surface area contributed by atoms with Gasteiger partial charge in [-0.05, 0) is 54.7 Å². The third-order valence-electron chi connectivity index (χ3n) is 2.68. The van der Waals surface area contributed by atoms with Gasteiger partial charge in [0.1, 0.15) is 5.75 Å². The third-order valence-corrected chi connectivity index (χ3v) is 4.39. The fraction of sp³-hybridized carbons (Fsp3) is 0.462. The lowest BCUT2D eigenvalue weighted by atomic mass is 10.1. The second-order valence-electron chi connectivity index (χ2n) is 4.20. The molecule has 6 heteroatoms. The lowest BCUT2D eigenvalue weighted by Crippen LogP contribution is -2.17. The molecule has 0 bridgehead atoms. The van der Waals surface area contributed by atoms with Crippen molar-refractivity contribution in [2.75, 3.05) is 5.75 Å². The Kier molecular flexibility index (Phi) is 7.90. The first-order valence-electron chi connectivity index (χ1n) is 6.20. The van der Waals surface area contributed by atoms with Crippen molar-refractivity contribution in [3.05, 3.63) is 29.3 Å². The number of hydrogen-bond donors (Lipinski definition) is 2. The number of nitrogens with one attached hydrogen (secondary N) is 1. The second-order valence-corrected chi connectivity index (χ2v) is 6.21. The number of hydrogen-bond acceptors (Lipinski definition) is 3. The highest BCUT2D eigenvalue weighted by molar-refractivity contribution is 7.91. The number of carbonyl (C=O) groups excluding carboxylic acids is 1. The fourth-order valence-corrected chi connectivity index (χ4v) is 2.90. The zero-order valence-corrected chi connectivity index (χ0v) is 12.2. The van der Waals surface area contributed by atoms with Crippen LogP contribution in [0, 0.1) is 0 Å². The number of carbonyl (C=O) groups is 1. The summed E-state index contributed by atoms with van der Waals surface area (Å²) in [4.78, 5) is 11.5. The molecule has 106 valence electrons. The first kappa shape index (κ1) is 16.3. The topological polar surface area (TPSA) is 72.4 Å². The average molecular weight is 304 g/mol. The van der Waals surface area contributed by atoms with Gasteiger partial charge in [-0.1, -0.05) is 18.0 Å². The summed E-state index contributed by atoms with van der Waals surface area (Å²) in [5.41, 5.74) is 1.60. The monoisotopic (exact) mass is 303 g/mol. The summed E-state index contributed by atoms with van der Waals surface area (Å²) in [7, 11) is 0. The molecule has 2 N–H and O–H groups in total. The Morgan fingerprint density at radius 1 is 1.21 bits per heavy atom. The highest BCUT2D eigenvalue weighted by Gasteiger charge is 2.09. The molecule has 0 radical (unpaired) electrons. The van der Waals surface area contributed by atoms with Crippen molar-refractivity contribution >= 4 is 28.7 Å². The number of hydroxylamine groups is 1. The maximum absolute atomic E-state index is 11.9. The lowest BCUT2D eigenvalue weighted by molar-refractivity contribution is -0.129. The van der Waals surface area contributed by atoms with E-state index in [4.69, 9.17) is 16.8 Å². The zero-order chi connectivity index (χ0) is 14.1. The van der Waals surface area contributed by atoms with Gasteiger partial charge in [0.05, 0.1) is 0 Å². The number of amides is 1. The molecule has 1 rings (SSSR count). The molecule has 0 aromatic heterocycles. The SMILES string of the molecule is O=C(CCCCCC[S+]([O-])c1ccc(Cl)cc1)NO. The maximum atomic E-state index is 11.9. The van der Waals surface area contributed by atoms with Crippen LogP contribution in [-0.4, -0.2) is 21.4 Å². The number of benzene rings is 1. The van der Waals surface area contributed by atoms with Crippen LogP contribution in [0.25, 0.3) is 0 Å². The van der Waals surface area contributed by atoms with Crippen LogP contribution in [0.15, 0.2) is 29.2 Å². The first-order chi connectivity index (χ1) is 9.13. The van der Waals surface area contributed by atoms with Gasteiger partial charge < -0.3 is 4.55 Å². The van der Waals surface area contributed by atoms with E-state index >= 15 is 0 Å². The summed E-state index contributed by atoms with van der Waals surface area (Å²) in [6, 6.07) is 7.04. The highest BCUT2D eigenvalue weighted by Crippen LogP contribution is 2.17. The van der Waals surface area contributed by atoms with Crippen LogP contribution in [-0.2, 0) is 16.0 Å². The van der Waals surface area contributed by atoms with Gasteiger partial charge in [0.25, 0.3) is 0 Å². The molecule has 0 saturated carbocycles. The van der Waals surface area contributed by atoms with E-state index in [-0.39, 0.29) is 5.91 Å². The Balaban J connectivity index is 2.12. The molecular formula is C13H18ClNO3S. The van der Waals surface area contributed by atoms with Crippen molar-refractivity contribution < 1.29 is 14.6 Å². The smallest absolute Gasteiger partial charge is 0.243 e. The zero-order valence-electron chi connectivity index (χ0n) is 10.6. The quantitative estimate of drug-likeness (QED) is 0.336. The molecule has 1 unspecified atom stereocenters. The Morgan fingerprint density at radius 2 is 1.84 bits per heavy atom. The largest absolute Gasteiger partial charge is 0.611 e. The molecule has 1 aromatic rings. The number of rotatable bonds is 8. The minimum absolute atomic E-state index is 0.330. The summed E-state index contributed by atoms with van der Waals surface area (Å²) < 4.78 is 11.9. The summed E-state index contributed by atoms with van der Waals surface area (Å²) in [6.07, 6.45) is 3.75. The molecule has 0 aliphatic carbocycles. The molecule has 0 spiro atoms. The van der Waals surface area contributed by atoms with Gasteiger partial charge in [0.2, 0.25) is 5.91 Å². The molecular weight excluding hydrogens is 286 g/mol. The Morgan fingerprint density at radius 3 is 2.47 bits per heavy atom. The van der Waals surface area contributed by atoms with Gasteiger partial charge in [-0.15, -0.1) is 0 Å². The van der Waals surface area contributed by atoms with E-state index in [2.05, 4.69) is 0 Å².